The molecule has 2 aromatic rings. The van der Waals surface area contributed by atoms with Gasteiger partial charge in [0, 0.05) is 17.3 Å². The molecule has 2 heterocycles. The molecule has 2 aliphatic carbocycles. The number of amides is 2. The summed E-state index contributed by atoms with van der Waals surface area (Å²) < 4.78 is 72.7. The number of halogens is 4. The van der Waals surface area contributed by atoms with Crippen molar-refractivity contribution in [3.05, 3.63) is 34.5 Å². The predicted molar refractivity (Wildman–Crippen MR) is 108 cm³/mol. The smallest absolute Gasteiger partial charge is 0.305 e. The highest BCUT2D eigenvalue weighted by Crippen LogP contribution is 2.50. The molecule has 8 nitrogen and oxygen atoms in total. The molecule has 2 aliphatic rings. The van der Waals surface area contributed by atoms with E-state index in [-0.39, 0.29) is 28.9 Å². The molecule has 2 amide bonds. The maximum atomic E-state index is 14.2. The second kappa shape index (κ2) is 7.80. The van der Waals surface area contributed by atoms with Gasteiger partial charge in [0.25, 0.3) is 0 Å². The Morgan fingerprint density at radius 3 is 2.59 bits per heavy atom. The molecule has 0 unspecified atom stereocenters. The van der Waals surface area contributed by atoms with Crippen molar-refractivity contribution < 1.29 is 26.6 Å². The van der Waals surface area contributed by atoms with Gasteiger partial charge in [-0.2, -0.15) is 18.3 Å². The molecule has 3 N–H and O–H groups in total. The average molecular weight is 474 g/mol. The molecule has 2 aromatic heterocycles. The van der Waals surface area contributed by atoms with Crippen LogP contribution in [0.25, 0.3) is 0 Å². The Bertz CT molecular complexity index is 1210. The molecule has 1 atom stereocenters. The summed E-state index contributed by atoms with van der Waals surface area (Å²) >= 11 is 0. The highest BCUT2D eigenvalue weighted by atomic mass is 32.2. The number of hydrogen-bond acceptors (Lipinski definition) is 4. The second-order valence-electron chi connectivity index (χ2n) is 8.25. The number of rotatable bonds is 4. The van der Waals surface area contributed by atoms with Crippen molar-refractivity contribution in [1.82, 2.24) is 14.8 Å². The van der Waals surface area contributed by atoms with Gasteiger partial charge in [-0.1, -0.05) is 0 Å². The number of nitrogens with one attached hydrogen (secondary N) is 1. The van der Waals surface area contributed by atoms with Crippen molar-refractivity contribution in [3.63, 3.8) is 0 Å². The first kappa shape index (κ1) is 22.6. The van der Waals surface area contributed by atoms with Crippen LogP contribution in [0.4, 0.5) is 28.0 Å². The van der Waals surface area contributed by atoms with Crippen LogP contribution < -0.4 is 10.5 Å². The van der Waals surface area contributed by atoms with Crippen LogP contribution in [0, 0.1) is 5.82 Å². The zero-order valence-corrected chi connectivity index (χ0v) is 18.2. The number of carbonyl (C=O) groups is 1. The lowest BCUT2D eigenvalue weighted by atomic mass is 10.00. The van der Waals surface area contributed by atoms with E-state index < -0.39 is 38.7 Å². The minimum Gasteiger partial charge on any atom is -0.305 e. The number of fused-ring (bicyclic) bond motifs is 1. The van der Waals surface area contributed by atoms with E-state index >= 15 is 0 Å². The standard InChI is InChI=1S/C19H22F4N6O2S/c1-9(2)29-8-12(20)17(27-29)32(24,31)28-18(30)26-15-11-4-3-5-13(11)25-16(19(21,22)23)14(15)10-6-7-10/h8-10H,3-7H2,1-2H3,(H3,24,25,26,28,30,31)/t32-/m1/s1. The lowest BCUT2D eigenvalue weighted by Crippen LogP contribution is -2.22. The second-order valence-corrected chi connectivity index (χ2v) is 9.95. The molecule has 1 saturated carbocycles. The summed E-state index contributed by atoms with van der Waals surface area (Å²) in [5.41, 5.74) is -0.319. The monoisotopic (exact) mass is 474 g/mol. The number of alkyl halides is 3. The van der Waals surface area contributed by atoms with Crippen LogP contribution in [-0.4, -0.2) is 25.0 Å². The van der Waals surface area contributed by atoms with Crippen molar-refractivity contribution in [2.45, 2.75) is 69.1 Å². The third-order valence-corrected chi connectivity index (χ3v) is 6.70. The summed E-state index contributed by atoms with van der Waals surface area (Å²) in [5.74, 6) is -1.38. The van der Waals surface area contributed by atoms with E-state index in [1.54, 1.807) is 13.8 Å². The molecule has 0 spiro atoms. The summed E-state index contributed by atoms with van der Waals surface area (Å²) in [6.07, 6.45) is -1.24. The van der Waals surface area contributed by atoms with E-state index in [0.717, 1.165) is 6.20 Å². The van der Waals surface area contributed by atoms with Gasteiger partial charge < -0.3 is 5.32 Å². The van der Waals surface area contributed by atoms with E-state index in [0.29, 0.717) is 37.7 Å². The van der Waals surface area contributed by atoms with Crippen LogP contribution in [-0.2, 0) is 28.9 Å². The van der Waals surface area contributed by atoms with Gasteiger partial charge in [-0.3, -0.25) is 4.68 Å². The van der Waals surface area contributed by atoms with Crippen LogP contribution >= 0.6 is 0 Å². The molecule has 0 aromatic carbocycles. The molecule has 4 rings (SSSR count). The number of carbonyl (C=O) groups excluding carboxylic acids is 1. The molecular formula is C19H22F4N6O2S. The number of aryl methyl sites for hydroxylation is 1. The molecule has 174 valence electrons. The summed E-state index contributed by atoms with van der Waals surface area (Å²) in [5, 5.41) is 11.1. The number of aromatic nitrogens is 3. The average Bonchev–Trinajstić information content (AvgIpc) is 3.23. The maximum absolute atomic E-state index is 14.2. The predicted octanol–water partition coefficient (Wildman–Crippen LogP) is 4.32. The third-order valence-electron chi connectivity index (χ3n) is 5.43. The van der Waals surface area contributed by atoms with Gasteiger partial charge >= 0.3 is 12.2 Å². The lowest BCUT2D eigenvalue weighted by Gasteiger charge is -2.19. The summed E-state index contributed by atoms with van der Waals surface area (Å²) in [6, 6.07) is -1.49. The van der Waals surface area contributed by atoms with Crippen LogP contribution in [0.1, 0.15) is 67.6 Å². The van der Waals surface area contributed by atoms with Crippen molar-refractivity contribution in [3.8, 4) is 0 Å². The van der Waals surface area contributed by atoms with Crippen LogP contribution in [0.3, 0.4) is 0 Å². The molecule has 32 heavy (non-hydrogen) atoms. The Hall–Kier alpha value is -2.54. The van der Waals surface area contributed by atoms with E-state index in [1.807, 2.05) is 0 Å². The van der Waals surface area contributed by atoms with Gasteiger partial charge in [0.2, 0.25) is 5.03 Å². The molecule has 0 radical (unpaired) electrons. The molecule has 1 fully saturated rings. The van der Waals surface area contributed by atoms with E-state index in [2.05, 4.69) is 19.8 Å². The molecule has 13 heteroatoms. The first-order chi connectivity index (χ1) is 14.9. The highest BCUT2D eigenvalue weighted by molar-refractivity contribution is 7.91. The summed E-state index contributed by atoms with van der Waals surface area (Å²) in [4.78, 5) is 16.5. The van der Waals surface area contributed by atoms with E-state index in [4.69, 9.17) is 5.14 Å². The van der Waals surface area contributed by atoms with Gasteiger partial charge in [0.05, 0.1) is 11.9 Å². The van der Waals surface area contributed by atoms with Crippen LogP contribution in [0.15, 0.2) is 15.6 Å². The zero-order valence-electron chi connectivity index (χ0n) is 17.4. The topological polar surface area (TPSA) is 115 Å². The fraction of sp³-hybridized carbons (Fsp3) is 0.526. The number of nitrogens with two attached hydrogens (primary N) is 1. The zero-order chi connectivity index (χ0) is 23.4. The van der Waals surface area contributed by atoms with Gasteiger partial charge in [0.1, 0.15) is 5.69 Å². The normalized spacial score (nSPS) is 17.9. The van der Waals surface area contributed by atoms with Crippen molar-refractivity contribution in [2.75, 3.05) is 5.32 Å². The lowest BCUT2D eigenvalue weighted by molar-refractivity contribution is -0.141. The van der Waals surface area contributed by atoms with E-state index in [9.17, 15) is 26.6 Å². The van der Waals surface area contributed by atoms with Crippen LogP contribution in [0.2, 0.25) is 0 Å². The van der Waals surface area contributed by atoms with Crippen molar-refractivity contribution >= 4 is 21.6 Å². The maximum Gasteiger partial charge on any atom is 0.433 e. The first-order valence-electron chi connectivity index (χ1n) is 10.1. The first-order valence-corrected chi connectivity index (χ1v) is 11.7. The van der Waals surface area contributed by atoms with Gasteiger partial charge in [-0.15, -0.1) is 4.36 Å². The molecule has 0 aliphatic heterocycles. The summed E-state index contributed by atoms with van der Waals surface area (Å²) in [6.45, 7) is 3.42. The highest BCUT2D eigenvalue weighted by Gasteiger charge is 2.43. The quantitative estimate of drug-likeness (QED) is 0.642. The number of nitrogens with zero attached hydrogens (tertiary/aromatic N) is 4. The Kier molecular flexibility index (Phi) is 5.52. The SMILES string of the molecule is CC(C)n1cc(F)c([S@](N)(=O)=NC(=O)Nc2c3c(nc(C(F)(F)F)c2C2CC2)CCC3)n1. The molecular weight excluding hydrogens is 452 g/mol. The van der Waals surface area contributed by atoms with Crippen molar-refractivity contribution in [2.24, 2.45) is 9.50 Å². The largest absolute Gasteiger partial charge is 0.433 e. The fourth-order valence-corrected chi connectivity index (χ4v) is 4.76. The van der Waals surface area contributed by atoms with Gasteiger partial charge in [0.15, 0.2) is 15.7 Å². The fourth-order valence-electron chi connectivity index (χ4n) is 3.84. The van der Waals surface area contributed by atoms with E-state index in [1.165, 1.54) is 4.68 Å². The van der Waals surface area contributed by atoms with Gasteiger partial charge in [-0.25, -0.2) is 23.5 Å². The molecule has 0 saturated heterocycles. The van der Waals surface area contributed by atoms with Gasteiger partial charge in [-0.05, 0) is 57.4 Å². The minimum absolute atomic E-state index is 0.000503. The Morgan fingerprint density at radius 2 is 2.03 bits per heavy atom. The Balaban J connectivity index is 1.75. The third kappa shape index (κ3) is 4.22. The minimum atomic E-state index is -4.69. The Labute approximate surface area is 181 Å². The number of urea groups is 1. The van der Waals surface area contributed by atoms with Crippen molar-refractivity contribution in [1.29, 1.82) is 0 Å². The van der Waals surface area contributed by atoms with Crippen LogP contribution in [0.5, 0.6) is 0 Å². The Morgan fingerprint density at radius 1 is 1.34 bits per heavy atom. The molecule has 0 bridgehead atoms. The number of pyridine rings is 1. The number of anilines is 1. The number of hydrogen-bond donors (Lipinski definition) is 2. The summed E-state index contributed by atoms with van der Waals surface area (Å²) in [7, 11) is -4.07.